The highest BCUT2D eigenvalue weighted by atomic mass is 16.5. The zero-order chi connectivity index (χ0) is 25.1. The molecular formula is C27H29N3O5. The lowest BCUT2D eigenvalue weighted by Crippen LogP contribution is -2.35. The van der Waals surface area contributed by atoms with Crippen molar-refractivity contribution in [2.75, 3.05) is 48.6 Å². The van der Waals surface area contributed by atoms with Gasteiger partial charge in [-0.2, -0.15) is 5.26 Å². The number of nitriles is 1. The molecule has 35 heavy (non-hydrogen) atoms. The number of methoxy groups -OCH3 is 4. The van der Waals surface area contributed by atoms with Crippen molar-refractivity contribution in [3.05, 3.63) is 75.9 Å². The zero-order valence-corrected chi connectivity index (χ0v) is 20.5. The first kappa shape index (κ1) is 24.0. The predicted molar refractivity (Wildman–Crippen MR) is 132 cm³/mol. The molecule has 0 spiro atoms. The number of rotatable bonds is 6. The molecular weight excluding hydrogens is 446 g/mol. The van der Waals surface area contributed by atoms with Crippen molar-refractivity contribution in [3.63, 3.8) is 0 Å². The highest BCUT2D eigenvalue weighted by Crippen LogP contribution is 2.45. The van der Waals surface area contributed by atoms with Crippen molar-refractivity contribution in [1.82, 2.24) is 4.90 Å². The smallest absolute Gasteiger partial charge is 0.205 e. The van der Waals surface area contributed by atoms with Crippen molar-refractivity contribution in [2.45, 2.75) is 5.92 Å². The number of nitrogens with zero attached hydrogens (tertiary/aromatic N) is 2. The Bertz CT molecular complexity index is 1270. The molecule has 0 amide bonds. The molecule has 1 atom stereocenters. The van der Waals surface area contributed by atoms with E-state index in [1.165, 1.54) is 0 Å². The molecule has 2 aliphatic rings. The van der Waals surface area contributed by atoms with Gasteiger partial charge in [0.15, 0.2) is 23.0 Å². The van der Waals surface area contributed by atoms with Crippen molar-refractivity contribution in [1.29, 1.82) is 5.26 Å². The average Bonchev–Trinajstić information content (AvgIpc) is 2.87. The van der Waals surface area contributed by atoms with Crippen LogP contribution in [-0.4, -0.2) is 53.5 Å². The molecule has 2 aliphatic heterocycles. The largest absolute Gasteiger partial charge is 0.493 e. The first-order chi connectivity index (χ1) is 16.9. The van der Waals surface area contributed by atoms with Crippen LogP contribution >= 0.6 is 0 Å². The molecule has 0 fully saturated rings. The molecule has 0 radical (unpaired) electrons. The van der Waals surface area contributed by atoms with Gasteiger partial charge in [0.1, 0.15) is 17.4 Å². The molecule has 2 aromatic carbocycles. The van der Waals surface area contributed by atoms with Gasteiger partial charge in [0, 0.05) is 18.7 Å². The Morgan fingerprint density at radius 3 is 2.20 bits per heavy atom. The Labute approximate surface area is 205 Å². The summed E-state index contributed by atoms with van der Waals surface area (Å²) in [5, 5.41) is 9.98. The van der Waals surface area contributed by atoms with E-state index in [4.69, 9.17) is 29.4 Å². The minimum absolute atomic E-state index is 0.105. The van der Waals surface area contributed by atoms with Crippen LogP contribution < -0.4 is 24.7 Å². The number of hydrogen-bond donors (Lipinski definition) is 1. The third-order valence-corrected chi connectivity index (χ3v) is 6.19. The van der Waals surface area contributed by atoms with E-state index in [0.29, 0.717) is 47.4 Å². The predicted octanol–water partition coefficient (Wildman–Crippen LogP) is 3.81. The van der Waals surface area contributed by atoms with E-state index < -0.39 is 0 Å². The van der Waals surface area contributed by atoms with E-state index in [1.54, 1.807) is 28.4 Å². The van der Waals surface area contributed by atoms with Gasteiger partial charge < -0.3 is 29.4 Å². The van der Waals surface area contributed by atoms with Crippen LogP contribution in [0.3, 0.4) is 0 Å². The number of allylic oxidation sites excluding steroid dienone is 1. The van der Waals surface area contributed by atoms with E-state index in [2.05, 4.69) is 11.0 Å². The molecule has 0 saturated carbocycles. The SMILES string of the molecule is COc1ccc(/C=C2\CN(C)CC3=C2OC(N)=C(C#N)C3c2ccc(OC)c(OC)c2)cc1OC. The molecule has 182 valence electrons. The van der Waals surface area contributed by atoms with Gasteiger partial charge in [-0.1, -0.05) is 12.1 Å². The van der Waals surface area contributed by atoms with E-state index in [-0.39, 0.29) is 11.8 Å². The number of hydrogen-bond acceptors (Lipinski definition) is 8. The number of benzene rings is 2. The average molecular weight is 476 g/mol. The standard InChI is InChI=1S/C27H29N3O5/c1-30-14-18(10-16-6-8-21(31-2)23(11-16)33-4)26-20(15-30)25(19(13-28)27(29)35-26)17-7-9-22(32-3)24(12-17)34-5/h6-12,25H,14-15,29H2,1-5H3/b18-10+. The number of nitrogens with two attached hydrogens (primary N) is 1. The van der Waals surface area contributed by atoms with Crippen LogP contribution in [0.5, 0.6) is 23.0 Å². The third kappa shape index (κ3) is 4.51. The van der Waals surface area contributed by atoms with E-state index in [9.17, 15) is 5.26 Å². The molecule has 1 unspecified atom stereocenters. The van der Waals surface area contributed by atoms with Crippen LogP contribution in [0.4, 0.5) is 0 Å². The minimum atomic E-state index is -0.375. The Kier molecular flexibility index (Phi) is 6.90. The summed E-state index contributed by atoms with van der Waals surface area (Å²) >= 11 is 0. The maximum absolute atomic E-state index is 9.98. The number of ether oxygens (including phenoxy) is 5. The van der Waals surface area contributed by atoms with E-state index in [0.717, 1.165) is 22.3 Å². The van der Waals surface area contributed by atoms with Crippen molar-refractivity contribution in [2.24, 2.45) is 5.73 Å². The molecule has 0 aromatic heterocycles. The van der Waals surface area contributed by atoms with Gasteiger partial charge in [-0.3, -0.25) is 4.90 Å². The third-order valence-electron chi connectivity index (χ3n) is 6.19. The fraction of sp³-hybridized carbons (Fsp3) is 0.296. The molecule has 0 bridgehead atoms. The summed E-state index contributed by atoms with van der Waals surface area (Å²) in [5.41, 5.74) is 10.4. The summed E-state index contributed by atoms with van der Waals surface area (Å²) in [6.07, 6.45) is 2.04. The minimum Gasteiger partial charge on any atom is -0.493 e. The lowest BCUT2D eigenvalue weighted by Gasteiger charge is -2.37. The zero-order valence-electron chi connectivity index (χ0n) is 20.5. The highest BCUT2D eigenvalue weighted by Gasteiger charge is 2.37. The molecule has 0 aliphatic carbocycles. The van der Waals surface area contributed by atoms with E-state index >= 15 is 0 Å². The summed E-state index contributed by atoms with van der Waals surface area (Å²) in [5.74, 6) is 2.91. The molecule has 2 aromatic rings. The van der Waals surface area contributed by atoms with Gasteiger partial charge in [-0.05, 0) is 54.1 Å². The van der Waals surface area contributed by atoms with E-state index in [1.807, 2.05) is 49.5 Å². The van der Waals surface area contributed by atoms with Crippen LogP contribution in [0.25, 0.3) is 6.08 Å². The fourth-order valence-electron chi connectivity index (χ4n) is 4.60. The normalized spacial score (nSPS) is 19.1. The Morgan fingerprint density at radius 2 is 1.57 bits per heavy atom. The van der Waals surface area contributed by atoms with Crippen molar-refractivity contribution in [3.8, 4) is 29.1 Å². The first-order valence-electron chi connectivity index (χ1n) is 11.1. The second-order valence-corrected chi connectivity index (χ2v) is 8.35. The van der Waals surface area contributed by atoms with Gasteiger partial charge in [-0.25, -0.2) is 0 Å². The highest BCUT2D eigenvalue weighted by molar-refractivity contribution is 5.65. The van der Waals surface area contributed by atoms with Crippen LogP contribution in [0, 0.1) is 11.3 Å². The van der Waals surface area contributed by atoms with Crippen LogP contribution in [0.2, 0.25) is 0 Å². The van der Waals surface area contributed by atoms with Crippen molar-refractivity contribution >= 4 is 6.08 Å². The van der Waals surface area contributed by atoms with Gasteiger partial charge in [0.05, 0.1) is 34.4 Å². The fourth-order valence-corrected chi connectivity index (χ4v) is 4.60. The molecule has 0 saturated heterocycles. The molecule has 8 nitrogen and oxygen atoms in total. The van der Waals surface area contributed by atoms with Crippen LogP contribution in [0.1, 0.15) is 17.0 Å². The topological polar surface area (TPSA) is 99.2 Å². The second-order valence-electron chi connectivity index (χ2n) is 8.35. The summed E-state index contributed by atoms with van der Waals surface area (Å²) in [4.78, 5) is 2.18. The molecule has 4 rings (SSSR count). The number of likely N-dealkylation sites (N-methyl/N-ethyl adjacent to an activating group) is 1. The maximum Gasteiger partial charge on any atom is 0.205 e. The summed E-state index contributed by atoms with van der Waals surface area (Å²) in [7, 11) is 8.42. The van der Waals surface area contributed by atoms with Gasteiger partial charge >= 0.3 is 0 Å². The molecule has 2 heterocycles. The monoisotopic (exact) mass is 475 g/mol. The lowest BCUT2D eigenvalue weighted by atomic mass is 9.80. The van der Waals surface area contributed by atoms with Crippen LogP contribution in [-0.2, 0) is 4.74 Å². The molecule has 8 heteroatoms. The summed E-state index contributed by atoms with van der Waals surface area (Å²) in [6, 6.07) is 13.6. The van der Waals surface area contributed by atoms with Crippen molar-refractivity contribution < 1.29 is 23.7 Å². The van der Waals surface area contributed by atoms with Gasteiger partial charge in [-0.15, -0.1) is 0 Å². The van der Waals surface area contributed by atoms with Gasteiger partial charge in [0.2, 0.25) is 5.88 Å². The first-order valence-corrected chi connectivity index (χ1v) is 11.1. The summed E-state index contributed by atoms with van der Waals surface area (Å²) in [6.45, 7) is 1.27. The van der Waals surface area contributed by atoms with Gasteiger partial charge in [0.25, 0.3) is 0 Å². The lowest BCUT2D eigenvalue weighted by molar-refractivity contribution is 0.251. The molecule has 2 N–H and O–H groups in total. The Hall–Kier alpha value is -4.09. The Balaban J connectivity index is 1.85. The second kappa shape index (κ2) is 10.0. The maximum atomic E-state index is 9.98. The quantitative estimate of drug-likeness (QED) is 0.673. The Morgan fingerprint density at radius 1 is 0.943 bits per heavy atom. The summed E-state index contributed by atoms with van der Waals surface area (Å²) < 4.78 is 27.8. The van der Waals surface area contributed by atoms with Crippen LogP contribution in [0.15, 0.2) is 64.8 Å².